The van der Waals surface area contributed by atoms with E-state index >= 15 is 0 Å². The first-order valence-corrected chi connectivity index (χ1v) is 3.33. The quantitative estimate of drug-likeness (QED) is 0.378. The fraction of sp³-hybridized carbons (Fsp3) is 0. The molecular formula is C6H7P. The zero-order chi connectivity index (χ0) is 5.70. The van der Waals surface area contributed by atoms with Gasteiger partial charge in [0.15, 0.2) is 0 Å². The van der Waals surface area contributed by atoms with E-state index in [0.29, 0.717) is 0 Å². The predicted octanol–water partition coefficient (Wildman–Crippen LogP) is 2.35. The Bertz CT molecular complexity index is 99.8. The van der Waals surface area contributed by atoms with Crippen molar-refractivity contribution in [3.8, 4) is 12.1 Å². The summed E-state index contributed by atoms with van der Waals surface area (Å²) in [5, 5.41) is 0. The van der Waals surface area contributed by atoms with Crippen LogP contribution in [0.3, 0.4) is 0 Å². The molecule has 0 saturated carbocycles. The Labute approximate surface area is 45.7 Å². The smallest absolute Gasteiger partial charge is 0.0181 e. The average Bonchev–Trinajstić information content (AvgIpc) is 1.72. The molecule has 36 valence electrons. The molecule has 0 aliphatic carbocycles. The average molecular weight is 110 g/mol. The first kappa shape index (κ1) is 6.47. The van der Waals surface area contributed by atoms with Crippen LogP contribution in [0.15, 0.2) is 24.8 Å². The molecule has 0 bridgehead atoms. The van der Waals surface area contributed by atoms with Crippen LogP contribution in [-0.4, -0.2) is 0 Å². The van der Waals surface area contributed by atoms with E-state index in [-0.39, 0.29) is 0 Å². The molecule has 0 fully saturated rings. The van der Waals surface area contributed by atoms with Gasteiger partial charge >= 0.3 is 0 Å². The van der Waals surface area contributed by atoms with Gasteiger partial charge < -0.3 is 0 Å². The molecule has 0 saturated heterocycles. The highest BCUT2D eigenvalue weighted by Crippen LogP contribution is 2.34. The highest BCUT2D eigenvalue weighted by atomic mass is 31.1. The van der Waals surface area contributed by atoms with E-state index in [1.54, 1.807) is 11.6 Å². The normalized spacial score (nSPS) is 7.43. The van der Waals surface area contributed by atoms with Gasteiger partial charge in [-0.05, 0) is 0 Å². The van der Waals surface area contributed by atoms with Crippen LogP contribution in [0.4, 0.5) is 0 Å². The van der Waals surface area contributed by atoms with Gasteiger partial charge in [0, 0.05) is 7.92 Å². The van der Waals surface area contributed by atoms with Crippen LogP contribution in [-0.2, 0) is 0 Å². The maximum absolute atomic E-state index is 5.03. The maximum atomic E-state index is 5.03. The topological polar surface area (TPSA) is 0 Å². The zero-order valence-electron chi connectivity index (χ0n) is 4.09. The van der Waals surface area contributed by atoms with E-state index in [4.69, 9.17) is 6.42 Å². The van der Waals surface area contributed by atoms with Gasteiger partial charge in [-0.25, -0.2) is 0 Å². The molecule has 0 aliphatic rings. The molecular weight excluding hydrogens is 103 g/mol. The monoisotopic (exact) mass is 110 g/mol. The first-order valence-electron chi connectivity index (χ1n) is 1.85. The lowest BCUT2D eigenvalue weighted by molar-refractivity contribution is 2.48. The van der Waals surface area contributed by atoms with Crippen LogP contribution in [0, 0.1) is 12.1 Å². The Morgan fingerprint density at radius 2 is 1.86 bits per heavy atom. The molecule has 0 aromatic heterocycles. The van der Waals surface area contributed by atoms with Crippen LogP contribution in [0.1, 0.15) is 0 Å². The summed E-state index contributed by atoms with van der Waals surface area (Å²) in [7, 11) is -0.498. The van der Waals surface area contributed by atoms with E-state index in [1.165, 1.54) is 0 Å². The van der Waals surface area contributed by atoms with E-state index in [0.717, 1.165) is 0 Å². The summed E-state index contributed by atoms with van der Waals surface area (Å²) in [4.78, 5) is 0. The van der Waals surface area contributed by atoms with Crippen LogP contribution >= 0.6 is 7.92 Å². The Balaban J connectivity index is 3.65. The fourth-order valence-corrected chi connectivity index (χ4v) is 0.540. The van der Waals surface area contributed by atoms with Crippen LogP contribution in [0.2, 0.25) is 0 Å². The molecule has 0 N–H and O–H groups in total. The maximum Gasteiger partial charge on any atom is 0.0181 e. The molecule has 0 nitrogen and oxygen atoms in total. The highest BCUT2D eigenvalue weighted by molar-refractivity contribution is 7.68. The summed E-state index contributed by atoms with van der Waals surface area (Å²) in [6.45, 7) is 7.04. The molecule has 0 amide bonds. The van der Waals surface area contributed by atoms with E-state index in [2.05, 4.69) is 18.8 Å². The largest absolute Gasteiger partial charge is 0.115 e. The van der Waals surface area contributed by atoms with Crippen molar-refractivity contribution in [1.82, 2.24) is 0 Å². The minimum absolute atomic E-state index is 0.498. The minimum atomic E-state index is -0.498. The van der Waals surface area contributed by atoms with Crippen molar-refractivity contribution in [2.24, 2.45) is 0 Å². The molecule has 0 spiro atoms. The second kappa shape index (κ2) is 3.65. The van der Waals surface area contributed by atoms with Gasteiger partial charge in [0.1, 0.15) is 0 Å². The molecule has 0 aliphatic heterocycles. The third-order valence-electron chi connectivity index (χ3n) is 0.542. The second-order valence-corrected chi connectivity index (χ2v) is 2.70. The SMILES string of the molecule is C#CP(C=C)C=C. The lowest BCUT2D eigenvalue weighted by atomic mass is 11.2. The van der Waals surface area contributed by atoms with Crippen molar-refractivity contribution >= 4 is 7.92 Å². The van der Waals surface area contributed by atoms with Gasteiger partial charge in [0.2, 0.25) is 0 Å². The molecule has 7 heavy (non-hydrogen) atoms. The molecule has 0 aromatic rings. The lowest BCUT2D eigenvalue weighted by Gasteiger charge is -1.88. The number of terminal acetylenes is 1. The predicted molar refractivity (Wildman–Crippen MR) is 36.1 cm³/mol. The van der Waals surface area contributed by atoms with Gasteiger partial charge in [0.25, 0.3) is 0 Å². The van der Waals surface area contributed by atoms with Crippen LogP contribution in [0.25, 0.3) is 0 Å². The first-order chi connectivity index (χ1) is 3.35. The van der Waals surface area contributed by atoms with E-state index < -0.39 is 7.92 Å². The Morgan fingerprint density at radius 1 is 1.43 bits per heavy atom. The van der Waals surface area contributed by atoms with Crippen molar-refractivity contribution < 1.29 is 0 Å². The highest BCUT2D eigenvalue weighted by Gasteiger charge is 1.83. The summed E-state index contributed by atoms with van der Waals surface area (Å²) in [5.74, 6) is 3.48. The van der Waals surface area contributed by atoms with Crippen molar-refractivity contribution in [2.45, 2.75) is 0 Å². The van der Waals surface area contributed by atoms with Crippen molar-refractivity contribution in [3.63, 3.8) is 0 Å². The number of hydrogen-bond acceptors (Lipinski definition) is 0. The molecule has 0 heterocycles. The molecule has 0 atom stereocenters. The zero-order valence-corrected chi connectivity index (χ0v) is 4.99. The minimum Gasteiger partial charge on any atom is -0.115 e. The Hall–Kier alpha value is -0.530. The fourth-order valence-electron chi connectivity index (χ4n) is 0.180. The molecule has 0 radical (unpaired) electrons. The van der Waals surface area contributed by atoms with Crippen LogP contribution in [0.5, 0.6) is 0 Å². The Morgan fingerprint density at radius 3 is 1.86 bits per heavy atom. The summed E-state index contributed by atoms with van der Waals surface area (Å²) in [6.07, 6.45) is 5.03. The van der Waals surface area contributed by atoms with E-state index in [9.17, 15) is 0 Å². The summed E-state index contributed by atoms with van der Waals surface area (Å²) < 4.78 is 0. The summed E-state index contributed by atoms with van der Waals surface area (Å²) in [6, 6.07) is 0. The van der Waals surface area contributed by atoms with Crippen LogP contribution < -0.4 is 0 Å². The van der Waals surface area contributed by atoms with E-state index in [1.807, 2.05) is 0 Å². The summed E-state index contributed by atoms with van der Waals surface area (Å²) in [5.41, 5.74) is 2.53. The third kappa shape index (κ3) is 2.20. The lowest BCUT2D eigenvalue weighted by Crippen LogP contribution is -1.47. The third-order valence-corrected chi connectivity index (χ3v) is 1.63. The van der Waals surface area contributed by atoms with Gasteiger partial charge in [-0.1, -0.05) is 30.5 Å². The summed E-state index contributed by atoms with van der Waals surface area (Å²) >= 11 is 0. The number of hydrogen-bond donors (Lipinski definition) is 0. The molecule has 0 rings (SSSR count). The van der Waals surface area contributed by atoms with Gasteiger partial charge in [-0.3, -0.25) is 0 Å². The standard InChI is InChI=1S/C6H7P/c1-4-7(5-2)6-3/h1,5-6H,2-3H2. The van der Waals surface area contributed by atoms with Gasteiger partial charge in [0.05, 0.1) is 0 Å². The number of rotatable bonds is 2. The van der Waals surface area contributed by atoms with Crippen molar-refractivity contribution in [1.29, 1.82) is 0 Å². The molecule has 0 unspecified atom stereocenters. The second-order valence-electron chi connectivity index (χ2n) is 0.902. The van der Waals surface area contributed by atoms with Gasteiger partial charge in [-0.15, -0.1) is 6.42 Å². The van der Waals surface area contributed by atoms with Gasteiger partial charge in [-0.2, -0.15) is 0 Å². The molecule has 1 heteroatoms. The van der Waals surface area contributed by atoms with Crippen molar-refractivity contribution in [2.75, 3.05) is 0 Å². The molecule has 0 aromatic carbocycles. The van der Waals surface area contributed by atoms with Crippen molar-refractivity contribution in [3.05, 3.63) is 24.8 Å². The Kier molecular flexibility index (Phi) is 3.38.